The van der Waals surface area contributed by atoms with Gasteiger partial charge in [0.2, 0.25) is 10.0 Å². The second kappa shape index (κ2) is 5.75. The Bertz CT molecular complexity index is 567. The van der Waals surface area contributed by atoms with E-state index < -0.39 is 22.0 Å². The van der Waals surface area contributed by atoms with Crippen molar-refractivity contribution >= 4 is 55.1 Å². The van der Waals surface area contributed by atoms with E-state index in [-0.39, 0.29) is 14.9 Å². The molecule has 5 nitrogen and oxygen atoms in total. The molecule has 2 N–H and O–H groups in total. The fourth-order valence-electron chi connectivity index (χ4n) is 1.13. The molecule has 1 atom stereocenters. The van der Waals surface area contributed by atoms with Crippen LogP contribution in [0.3, 0.4) is 0 Å². The van der Waals surface area contributed by atoms with E-state index in [1.165, 1.54) is 19.1 Å². The van der Waals surface area contributed by atoms with Gasteiger partial charge in [-0.15, -0.1) is 0 Å². The zero-order valence-electron chi connectivity index (χ0n) is 8.95. The van der Waals surface area contributed by atoms with Crippen molar-refractivity contribution in [1.29, 1.82) is 0 Å². The third-order valence-electron chi connectivity index (χ3n) is 1.93. The number of sulfonamides is 1. The van der Waals surface area contributed by atoms with Crippen molar-refractivity contribution in [2.75, 3.05) is 0 Å². The number of carbonyl (C=O) groups is 1. The predicted octanol–water partition coefficient (Wildman–Crippen LogP) is 2.51. The molecule has 0 heterocycles. The van der Waals surface area contributed by atoms with Gasteiger partial charge in [-0.25, -0.2) is 8.42 Å². The van der Waals surface area contributed by atoms with Crippen LogP contribution >= 0.6 is 39.1 Å². The fourth-order valence-corrected chi connectivity index (χ4v) is 4.26. The van der Waals surface area contributed by atoms with Crippen LogP contribution in [0, 0.1) is 0 Å². The highest BCUT2D eigenvalue weighted by Gasteiger charge is 2.26. The third kappa shape index (κ3) is 3.58. The summed E-state index contributed by atoms with van der Waals surface area (Å²) in [6.07, 6.45) is 0. The van der Waals surface area contributed by atoms with Gasteiger partial charge in [-0.3, -0.25) is 4.79 Å². The van der Waals surface area contributed by atoms with E-state index in [0.717, 1.165) is 0 Å². The quantitative estimate of drug-likeness (QED) is 0.845. The maximum atomic E-state index is 11.9. The molecule has 0 aromatic heterocycles. The van der Waals surface area contributed by atoms with Crippen molar-refractivity contribution < 1.29 is 18.3 Å². The number of benzene rings is 1. The lowest BCUT2D eigenvalue weighted by molar-refractivity contribution is -0.138. The summed E-state index contributed by atoms with van der Waals surface area (Å²) in [5, 5.41) is 8.48. The minimum atomic E-state index is -4.10. The van der Waals surface area contributed by atoms with Crippen LogP contribution in [0.1, 0.15) is 6.92 Å². The number of aliphatic carboxylic acids is 1. The van der Waals surface area contributed by atoms with E-state index in [1.807, 2.05) is 4.72 Å². The van der Waals surface area contributed by atoms with E-state index >= 15 is 0 Å². The van der Waals surface area contributed by atoms with Crippen molar-refractivity contribution in [1.82, 2.24) is 4.72 Å². The summed E-state index contributed by atoms with van der Waals surface area (Å²) in [4.78, 5) is 10.3. The van der Waals surface area contributed by atoms with Gasteiger partial charge in [-0.1, -0.05) is 39.1 Å². The van der Waals surface area contributed by atoms with Crippen LogP contribution in [0.4, 0.5) is 0 Å². The maximum absolute atomic E-state index is 11.9. The van der Waals surface area contributed by atoms with Crippen LogP contribution in [-0.2, 0) is 14.8 Å². The summed E-state index contributed by atoms with van der Waals surface area (Å²) in [5.41, 5.74) is 0. The number of carboxylic acid groups (broad SMARTS) is 1. The first kappa shape index (κ1) is 15.7. The average molecular weight is 377 g/mol. The van der Waals surface area contributed by atoms with E-state index in [4.69, 9.17) is 28.3 Å². The second-order valence-electron chi connectivity index (χ2n) is 3.38. The minimum Gasteiger partial charge on any atom is -0.480 e. The van der Waals surface area contributed by atoms with Crippen molar-refractivity contribution in [3.05, 3.63) is 26.7 Å². The van der Waals surface area contributed by atoms with Crippen molar-refractivity contribution in [2.24, 2.45) is 0 Å². The van der Waals surface area contributed by atoms with Gasteiger partial charge in [0.15, 0.2) is 0 Å². The van der Waals surface area contributed by atoms with Crippen LogP contribution in [0.2, 0.25) is 10.0 Å². The summed E-state index contributed by atoms with van der Waals surface area (Å²) in [5.74, 6) is -1.30. The van der Waals surface area contributed by atoms with Crippen molar-refractivity contribution in [3.8, 4) is 0 Å². The van der Waals surface area contributed by atoms with Gasteiger partial charge in [0.05, 0.1) is 10.0 Å². The molecule has 0 aliphatic carbocycles. The van der Waals surface area contributed by atoms with E-state index in [9.17, 15) is 13.2 Å². The first-order chi connectivity index (χ1) is 8.15. The normalized spacial score (nSPS) is 13.3. The molecule has 0 radical (unpaired) electrons. The topological polar surface area (TPSA) is 83.5 Å². The number of nitrogens with one attached hydrogen (secondary N) is 1. The molecule has 0 aliphatic rings. The van der Waals surface area contributed by atoms with Crippen molar-refractivity contribution in [2.45, 2.75) is 17.9 Å². The summed E-state index contributed by atoms with van der Waals surface area (Å²) in [6.45, 7) is 1.19. The summed E-state index contributed by atoms with van der Waals surface area (Å²) >= 11 is 14.7. The molecule has 100 valence electrons. The molecule has 0 fully saturated rings. The highest BCUT2D eigenvalue weighted by Crippen LogP contribution is 2.32. The highest BCUT2D eigenvalue weighted by atomic mass is 79.9. The van der Waals surface area contributed by atoms with E-state index in [1.54, 1.807) is 0 Å². The molecule has 0 saturated heterocycles. The Morgan fingerprint density at radius 1 is 1.39 bits per heavy atom. The number of hydrogen-bond donors (Lipinski definition) is 2. The predicted molar refractivity (Wildman–Crippen MR) is 71.6 cm³/mol. The van der Waals surface area contributed by atoms with E-state index in [0.29, 0.717) is 4.47 Å². The molecule has 18 heavy (non-hydrogen) atoms. The van der Waals surface area contributed by atoms with Crippen molar-refractivity contribution in [3.63, 3.8) is 0 Å². The Labute approximate surface area is 122 Å². The zero-order chi connectivity index (χ0) is 14.1. The van der Waals surface area contributed by atoms with Gasteiger partial charge >= 0.3 is 5.97 Å². The Morgan fingerprint density at radius 3 is 2.22 bits per heavy atom. The maximum Gasteiger partial charge on any atom is 0.321 e. The number of halogens is 3. The van der Waals surface area contributed by atoms with E-state index in [2.05, 4.69) is 15.9 Å². The zero-order valence-corrected chi connectivity index (χ0v) is 12.9. The standard InChI is InChI=1S/C9H8BrCl2NO4S/c1-4(9(14)15)13-18(16,17)8-6(11)2-5(10)3-7(8)12/h2-4,13H,1H3,(H,14,15)/t4-/m1/s1. The van der Waals surface area contributed by atoms with Crippen LogP contribution in [-0.4, -0.2) is 25.5 Å². The Balaban J connectivity index is 3.25. The highest BCUT2D eigenvalue weighted by molar-refractivity contribution is 9.10. The van der Waals surface area contributed by atoms with Gasteiger partial charge in [0.1, 0.15) is 10.9 Å². The summed E-state index contributed by atoms with van der Waals surface area (Å²) < 4.78 is 26.4. The molecule has 0 bridgehead atoms. The molecule has 0 spiro atoms. The molecule has 9 heteroatoms. The SMILES string of the molecule is C[C@@H](NS(=O)(=O)c1c(Cl)cc(Br)cc1Cl)C(=O)O. The van der Waals surface area contributed by atoms with Gasteiger partial charge in [0, 0.05) is 4.47 Å². The molecule has 1 aromatic rings. The van der Waals surface area contributed by atoms with Crippen LogP contribution in [0.15, 0.2) is 21.5 Å². The Hall–Kier alpha value is -0.340. The minimum absolute atomic E-state index is 0.0977. The molecule has 0 amide bonds. The first-order valence-corrected chi connectivity index (χ1v) is 7.58. The fraction of sp³-hybridized carbons (Fsp3) is 0.222. The average Bonchev–Trinajstić information content (AvgIpc) is 2.13. The molecule has 0 aliphatic heterocycles. The lowest BCUT2D eigenvalue weighted by Crippen LogP contribution is -2.38. The third-order valence-corrected chi connectivity index (χ3v) is 4.85. The lowest BCUT2D eigenvalue weighted by atomic mass is 10.4. The second-order valence-corrected chi connectivity index (χ2v) is 6.76. The van der Waals surface area contributed by atoms with Crippen LogP contribution in [0.5, 0.6) is 0 Å². The van der Waals surface area contributed by atoms with Crippen LogP contribution < -0.4 is 4.72 Å². The number of hydrogen-bond acceptors (Lipinski definition) is 3. The number of rotatable bonds is 4. The van der Waals surface area contributed by atoms with Gasteiger partial charge in [-0.05, 0) is 19.1 Å². The largest absolute Gasteiger partial charge is 0.480 e. The Morgan fingerprint density at radius 2 is 1.83 bits per heavy atom. The Kier molecular flexibility index (Phi) is 5.02. The summed E-state index contributed by atoms with van der Waals surface area (Å²) in [6, 6.07) is 1.42. The number of carboxylic acids is 1. The molecule has 0 unspecified atom stereocenters. The molecular weight excluding hydrogens is 369 g/mol. The van der Waals surface area contributed by atoms with Crippen LogP contribution in [0.25, 0.3) is 0 Å². The smallest absolute Gasteiger partial charge is 0.321 e. The lowest BCUT2D eigenvalue weighted by Gasteiger charge is -2.12. The first-order valence-electron chi connectivity index (χ1n) is 4.55. The molecule has 1 aromatic carbocycles. The molecular formula is C9H8BrCl2NO4S. The molecule has 1 rings (SSSR count). The van der Waals surface area contributed by atoms with Gasteiger partial charge in [-0.2, -0.15) is 4.72 Å². The van der Waals surface area contributed by atoms with Gasteiger partial charge in [0.25, 0.3) is 0 Å². The molecule has 0 saturated carbocycles. The monoisotopic (exact) mass is 375 g/mol. The summed E-state index contributed by atoms with van der Waals surface area (Å²) in [7, 11) is -4.10. The van der Waals surface area contributed by atoms with Gasteiger partial charge < -0.3 is 5.11 Å².